The van der Waals surface area contributed by atoms with E-state index >= 15 is 0 Å². The third kappa shape index (κ3) is 9.04. The van der Waals surface area contributed by atoms with Gasteiger partial charge in [0, 0.05) is 34.7 Å². The number of rotatable bonds is 10. The maximum atomic E-state index is 12.7. The maximum absolute atomic E-state index is 12.7. The van der Waals surface area contributed by atoms with Crippen LogP contribution < -0.4 is 49.8 Å². The van der Waals surface area contributed by atoms with Crippen LogP contribution in [0.15, 0.2) is 105 Å². The zero-order valence-electron chi connectivity index (χ0n) is 27.7. The summed E-state index contributed by atoms with van der Waals surface area (Å²) in [5, 5.41) is 24.0. The fourth-order valence-electron chi connectivity index (χ4n) is 4.88. The van der Waals surface area contributed by atoms with Crippen LogP contribution in [-0.4, -0.2) is 78.5 Å². The van der Waals surface area contributed by atoms with Crippen LogP contribution in [0.1, 0.15) is 21.0 Å². The van der Waals surface area contributed by atoms with Gasteiger partial charge in [0.2, 0.25) is 0 Å². The van der Waals surface area contributed by atoms with Crippen LogP contribution >= 0.6 is 0 Å². The Hall–Kier alpha value is -4.84. The van der Waals surface area contributed by atoms with Crippen molar-refractivity contribution in [1.82, 2.24) is 20.4 Å². The van der Waals surface area contributed by atoms with Gasteiger partial charge in [-0.3, -0.25) is 24.4 Å². The molecule has 0 aliphatic rings. The van der Waals surface area contributed by atoms with E-state index in [-0.39, 0.29) is 72.4 Å². The summed E-state index contributed by atoms with van der Waals surface area (Å²) in [7, 11) is -15.9. The molecule has 2 aromatic heterocycles. The number of benzene rings is 4. The minimum absolute atomic E-state index is 0. The van der Waals surface area contributed by atoms with E-state index in [0.717, 1.165) is 12.5 Å². The summed E-state index contributed by atoms with van der Waals surface area (Å²) in [5.74, 6) is -2.28. The van der Waals surface area contributed by atoms with E-state index in [1.807, 2.05) is 0 Å². The molecule has 0 atom stereocenters. The number of hydrogen-bond donors (Lipinski definition) is 5. The van der Waals surface area contributed by atoms with Crippen molar-refractivity contribution in [3.63, 3.8) is 0 Å². The summed E-state index contributed by atoms with van der Waals surface area (Å²) >= 11 is 0. The number of aromatic nitrogens is 4. The number of H-pyrrole nitrogens is 2. The fourth-order valence-corrected chi connectivity index (χ4v) is 10.2. The third-order valence-corrected chi connectivity index (χ3v) is 12.6. The van der Waals surface area contributed by atoms with Gasteiger partial charge in [0.1, 0.15) is 15.5 Å². The predicted molar refractivity (Wildman–Crippen MR) is 186 cm³/mol. The number of carboxylic acids is 1. The van der Waals surface area contributed by atoms with Crippen molar-refractivity contribution in [1.29, 1.82) is 0 Å². The molecule has 0 saturated carbocycles. The molecular weight excluding hydrogens is 786 g/mol. The molecule has 4 aromatic carbocycles. The summed E-state index contributed by atoms with van der Waals surface area (Å²) in [6.45, 7) is 0. The molecule has 1 amide bonds. The maximum Gasteiger partial charge on any atom is 1.00 e. The first-order valence-electron chi connectivity index (χ1n) is 14.3. The number of nitrogens with one attached hydrogen (secondary N) is 4. The number of anilines is 2. The first kappa shape index (κ1) is 40.9. The molecule has 53 heavy (non-hydrogen) atoms. The molecule has 2 heterocycles. The minimum atomic E-state index is -4.23. The fraction of sp³-hybridized carbons (Fsp3) is 0.0667. The van der Waals surface area contributed by atoms with Crippen molar-refractivity contribution in [3.8, 4) is 0 Å². The second-order valence-corrected chi connectivity index (χ2v) is 18.2. The molecule has 0 unspecified atom stereocenters. The van der Waals surface area contributed by atoms with Crippen LogP contribution in [0.2, 0.25) is 0 Å². The molecule has 6 aromatic rings. The Balaban J connectivity index is 0.000000232. The normalized spacial score (nSPS) is 12.0. The quantitative estimate of drug-likeness (QED) is 0.0937. The number of aromatic amines is 2. The summed E-state index contributed by atoms with van der Waals surface area (Å²) in [5.41, 5.74) is 5.89. The number of aromatic carboxylic acids is 1. The number of hydrogen-bond acceptors (Lipinski definition) is 13. The number of nitrogens with two attached hydrogens (primary N) is 1. The van der Waals surface area contributed by atoms with Crippen molar-refractivity contribution in [2.45, 2.75) is 19.6 Å². The predicted octanol–water partition coefficient (Wildman–Crippen LogP) is -2.00. The van der Waals surface area contributed by atoms with Crippen molar-refractivity contribution in [2.75, 3.05) is 22.0 Å². The number of nitrogens with zero attached hydrogens (tertiary/aromatic N) is 2. The van der Waals surface area contributed by atoms with Crippen molar-refractivity contribution in [2.24, 2.45) is 5.73 Å². The minimum Gasteiger partial charge on any atom is -0.543 e. The molecule has 6 rings (SSSR count). The van der Waals surface area contributed by atoms with Crippen molar-refractivity contribution >= 4 is 84.8 Å². The van der Waals surface area contributed by atoms with Crippen molar-refractivity contribution in [3.05, 3.63) is 96.3 Å². The SMILES string of the molecule is CS(=O)(=O)c1ccccc1S(=O)(=O)Nc1ccc2[nH]nc(C(=O)[O-])c2c1.CS(=O)(=O)c1ccccc1S(=O)(=O)Nc1ccc2[nH]nc(C(N)=O)c2c1.[Na+]. The second-order valence-electron chi connectivity index (χ2n) is 11.0. The number of fused-ring (bicyclic) bond motifs is 2. The van der Waals surface area contributed by atoms with E-state index in [4.69, 9.17) is 5.73 Å². The standard InChI is InChI=1S/C15H14N4O5S2.C15H13N3O6S2.Na/c1-25(21,22)12-4-2-3-5-13(12)26(23,24)19-9-6-7-11-10(8-9)14(15(16)20)18-17-11;1-25(21,22)12-4-2-3-5-13(12)26(23,24)18-9-6-7-11-10(8-9)14(15(19)20)17-16-11;/h2-8,19H,1H3,(H2,16,20)(H,17,18);2-8,18H,1H3,(H,16,17)(H,19,20);/q;;+1/p-1. The van der Waals surface area contributed by atoms with Crippen LogP contribution in [0.4, 0.5) is 11.4 Å². The summed E-state index contributed by atoms with van der Waals surface area (Å²) < 4.78 is 103. The summed E-state index contributed by atoms with van der Waals surface area (Å²) in [6.07, 6.45) is 1.84. The zero-order valence-corrected chi connectivity index (χ0v) is 32.9. The van der Waals surface area contributed by atoms with E-state index in [0.29, 0.717) is 16.4 Å². The van der Waals surface area contributed by atoms with E-state index in [9.17, 15) is 48.4 Å². The monoisotopic (exact) mass is 811 g/mol. The van der Waals surface area contributed by atoms with Gasteiger partial charge in [0.05, 0.1) is 26.8 Å². The van der Waals surface area contributed by atoms with Crippen LogP contribution in [0.25, 0.3) is 21.8 Å². The molecule has 0 aliphatic carbocycles. The van der Waals surface area contributed by atoms with Crippen molar-refractivity contribution < 1.29 is 77.9 Å². The first-order chi connectivity index (χ1) is 24.2. The smallest absolute Gasteiger partial charge is 0.543 e. The molecular formula is C30H26N7NaO11S4. The Morgan fingerprint density at radius 3 is 1.32 bits per heavy atom. The molecule has 0 fully saturated rings. The van der Waals surface area contributed by atoms with E-state index < -0.39 is 56.5 Å². The zero-order chi connectivity index (χ0) is 38.2. The number of carboxylic acid groups (broad SMARTS) is 1. The average molecular weight is 812 g/mol. The molecule has 18 nitrogen and oxygen atoms in total. The van der Waals surface area contributed by atoms with Gasteiger partial charge in [-0.25, -0.2) is 33.7 Å². The van der Waals surface area contributed by atoms with E-state index in [2.05, 4.69) is 29.8 Å². The Morgan fingerprint density at radius 1 is 0.604 bits per heavy atom. The van der Waals surface area contributed by atoms with Crippen LogP contribution in [0.5, 0.6) is 0 Å². The Labute approximate surface area is 324 Å². The second kappa shape index (κ2) is 15.3. The van der Waals surface area contributed by atoms with Crippen LogP contribution in [0.3, 0.4) is 0 Å². The molecule has 0 radical (unpaired) electrons. The molecule has 0 aliphatic heterocycles. The summed E-state index contributed by atoms with van der Waals surface area (Å²) in [4.78, 5) is 21.0. The van der Waals surface area contributed by atoms with Crippen LogP contribution in [0, 0.1) is 0 Å². The van der Waals surface area contributed by atoms with Gasteiger partial charge in [0.15, 0.2) is 25.4 Å². The average Bonchev–Trinajstić information content (AvgIpc) is 3.68. The van der Waals surface area contributed by atoms with Gasteiger partial charge in [-0.2, -0.15) is 10.2 Å². The van der Waals surface area contributed by atoms with Gasteiger partial charge in [-0.15, -0.1) is 0 Å². The first-order valence-corrected chi connectivity index (χ1v) is 21.0. The van der Waals surface area contributed by atoms with Gasteiger partial charge in [-0.05, 0) is 60.7 Å². The Bertz CT molecular complexity index is 2660. The Morgan fingerprint density at radius 2 is 0.962 bits per heavy atom. The molecule has 23 heteroatoms. The molecule has 6 N–H and O–H groups in total. The van der Waals surface area contributed by atoms with E-state index in [1.54, 1.807) is 0 Å². The Kier molecular flexibility index (Phi) is 11.8. The van der Waals surface area contributed by atoms with Gasteiger partial charge in [0.25, 0.3) is 26.0 Å². The van der Waals surface area contributed by atoms with Gasteiger partial charge < -0.3 is 15.6 Å². The number of carbonyl (C=O) groups is 2. The van der Waals surface area contributed by atoms with Gasteiger partial charge >= 0.3 is 29.6 Å². The molecule has 272 valence electrons. The molecule has 0 bridgehead atoms. The summed E-state index contributed by atoms with van der Waals surface area (Å²) in [6, 6.07) is 18.9. The number of amides is 1. The largest absolute Gasteiger partial charge is 1.00 e. The van der Waals surface area contributed by atoms with Crippen LogP contribution in [-0.2, 0) is 39.7 Å². The molecule has 0 saturated heterocycles. The number of carbonyl (C=O) groups excluding carboxylic acids is 2. The topological polar surface area (TPSA) is 301 Å². The van der Waals surface area contributed by atoms with E-state index in [1.165, 1.54) is 84.9 Å². The number of sulfone groups is 2. The number of primary amides is 1. The third-order valence-electron chi connectivity index (χ3n) is 7.13. The molecule has 0 spiro atoms. The van der Waals surface area contributed by atoms with Gasteiger partial charge in [-0.1, -0.05) is 24.3 Å². The number of sulfonamides is 2.